The van der Waals surface area contributed by atoms with Crippen LogP contribution in [0.1, 0.15) is 19.4 Å². The third-order valence-corrected chi connectivity index (χ3v) is 3.08. The molecule has 2 rings (SSSR count). The maximum Gasteiger partial charge on any atom is 0.161 e. The number of benzene rings is 1. The lowest BCUT2D eigenvalue weighted by atomic mass is 10.2. The molecule has 0 bridgehead atoms. The van der Waals surface area contributed by atoms with Gasteiger partial charge in [-0.2, -0.15) is 0 Å². The maximum atomic E-state index is 9.80. The van der Waals surface area contributed by atoms with Gasteiger partial charge >= 0.3 is 0 Å². The van der Waals surface area contributed by atoms with Gasteiger partial charge in [0.05, 0.1) is 12.7 Å². The monoisotopic (exact) mass is 295 g/mol. The number of aliphatic hydroxyl groups excluding tert-OH is 1. The summed E-state index contributed by atoms with van der Waals surface area (Å²) >= 11 is 0. The van der Waals surface area contributed by atoms with Gasteiger partial charge in [-0.15, -0.1) is 0 Å². The summed E-state index contributed by atoms with van der Waals surface area (Å²) in [5.41, 5.74) is 1.11. The van der Waals surface area contributed by atoms with Gasteiger partial charge in [-0.25, -0.2) is 0 Å². The highest BCUT2D eigenvalue weighted by Crippen LogP contribution is 2.30. The Balaban J connectivity index is 1.68. The molecule has 0 radical (unpaired) electrons. The zero-order valence-corrected chi connectivity index (χ0v) is 12.8. The number of ether oxygens (including phenoxy) is 3. The van der Waals surface area contributed by atoms with Crippen LogP contribution in [0.25, 0.3) is 0 Å². The third-order valence-electron chi connectivity index (χ3n) is 3.08. The quantitative estimate of drug-likeness (QED) is 0.762. The van der Waals surface area contributed by atoms with Gasteiger partial charge in [0.15, 0.2) is 11.5 Å². The predicted molar refractivity (Wildman–Crippen MR) is 80.8 cm³/mol. The lowest BCUT2D eigenvalue weighted by molar-refractivity contribution is 0.0260. The first-order valence-electron chi connectivity index (χ1n) is 7.50. The zero-order chi connectivity index (χ0) is 15.1. The molecule has 1 atom stereocenters. The minimum atomic E-state index is -0.485. The van der Waals surface area contributed by atoms with E-state index in [1.807, 2.05) is 18.2 Å². The SMILES string of the molecule is CC(C)COCC(O)CNCc1ccc2c(c1)OCCO2. The Morgan fingerprint density at radius 2 is 1.95 bits per heavy atom. The van der Waals surface area contributed by atoms with Crippen molar-refractivity contribution in [3.05, 3.63) is 23.8 Å². The van der Waals surface area contributed by atoms with Gasteiger partial charge < -0.3 is 24.6 Å². The lowest BCUT2D eigenvalue weighted by Gasteiger charge is -2.19. The Morgan fingerprint density at radius 3 is 2.71 bits per heavy atom. The van der Waals surface area contributed by atoms with Gasteiger partial charge in [-0.3, -0.25) is 0 Å². The minimum absolute atomic E-state index is 0.367. The van der Waals surface area contributed by atoms with Crippen molar-refractivity contribution < 1.29 is 19.3 Å². The Bertz CT molecular complexity index is 436. The van der Waals surface area contributed by atoms with Crippen molar-refractivity contribution in [3.8, 4) is 11.5 Å². The Kier molecular flexibility index (Phi) is 6.29. The maximum absolute atomic E-state index is 9.80. The first-order chi connectivity index (χ1) is 10.1. The number of rotatable bonds is 8. The first kappa shape index (κ1) is 16.1. The summed E-state index contributed by atoms with van der Waals surface area (Å²) < 4.78 is 16.4. The van der Waals surface area contributed by atoms with Crippen molar-refractivity contribution >= 4 is 0 Å². The van der Waals surface area contributed by atoms with E-state index < -0.39 is 6.10 Å². The van der Waals surface area contributed by atoms with Gasteiger partial charge in [0.1, 0.15) is 13.2 Å². The molecule has 21 heavy (non-hydrogen) atoms. The molecule has 0 spiro atoms. The molecular formula is C16H25NO4. The second kappa shape index (κ2) is 8.22. The van der Waals surface area contributed by atoms with Gasteiger partial charge in [0.25, 0.3) is 0 Å². The smallest absolute Gasteiger partial charge is 0.161 e. The molecule has 0 aromatic heterocycles. The van der Waals surface area contributed by atoms with Crippen LogP contribution in [-0.2, 0) is 11.3 Å². The van der Waals surface area contributed by atoms with E-state index in [-0.39, 0.29) is 0 Å². The van der Waals surface area contributed by atoms with E-state index in [9.17, 15) is 5.11 Å². The standard InChI is InChI=1S/C16H25NO4/c1-12(2)10-19-11-14(18)9-17-8-13-3-4-15-16(7-13)21-6-5-20-15/h3-4,7,12,14,17-18H,5-6,8-11H2,1-2H3. The van der Waals surface area contributed by atoms with Crippen molar-refractivity contribution in [2.75, 3.05) is 33.0 Å². The number of fused-ring (bicyclic) bond motifs is 1. The molecule has 5 nitrogen and oxygen atoms in total. The number of hydrogen-bond acceptors (Lipinski definition) is 5. The van der Waals surface area contributed by atoms with Crippen molar-refractivity contribution in [2.24, 2.45) is 5.92 Å². The van der Waals surface area contributed by atoms with Crippen molar-refractivity contribution in [3.63, 3.8) is 0 Å². The molecule has 0 saturated heterocycles. The van der Waals surface area contributed by atoms with Gasteiger partial charge in [0.2, 0.25) is 0 Å². The van der Waals surface area contributed by atoms with Crippen LogP contribution in [-0.4, -0.2) is 44.2 Å². The highest BCUT2D eigenvalue weighted by molar-refractivity contribution is 5.43. The summed E-state index contributed by atoms with van der Waals surface area (Å²) in [7, 11) is 0. The molecule has 1 aromatic rings. The van der Waals surface area contributed by atoms with Crippen molar-refractivity contribution in [1.29, 1.82) is 0 Å². The molecule has 118 valence electrons. The van der Waals surface area contributed by atoms with Crippen LogP contribution in [0.15, 0.2) is 18.2 Å². The van der Waals surface area contributed by atoms with Crippen LogP contribution < -0.4 is 14.8 Å². The van der Waals surface area contributed by atoms with Gasteiger partial charge in [0, 0.05) is 19.7 Å². The molecular weight excluding hydrogens is 270 g/mol. The summed E-state index contributed by atoms with van der Waals surface area (Å²) in [5, 5.41) is 13.0. The molecule has 1 heterocycles. The van der Waals surface area contributed by atoms with Crippen LogP contribution >= 0.6 is 0 Å². The highest BCUT2D eigenvalue weighted by atomic mass is 16.6. The fraction of sp³-hybridized carbons (Fsp3) is 0.625. The second-order valence-electron chi connectivity index (χ2n) is 5.69. The average molecular weight is 295 g/mol. The average Bonchev–Trinajstić information content (AvgIpc) is 2.47. The molecule has 5 heteroatoms. The fourth-order valence-corrected chi connectivity index (χ4v) is 2.08. The van der Waals surface area contributed by atoms with Gasteiger partial charge in [-0.1, -0.05) is 19.9 Å². The summed E-state index contributed by atoms with van der Waals surface area (Å²) in [6.45, 7) is 7.61. The Morgan fingerprint density at radius 1 is 1.19 bits per heavy atom. The molecule has 1 aliphatic heterocycles. The molecule has 2 N–H and O–H groups in total. The van der Waals surface area contributed by atoms with Crippen LogP contribution in [0.5, 0.6) is 11.5 Å². The van der Waals surface area contributed by atoms with E-state index in [1.165, 1.54) is 0 Å². The fourth-order valence-electron chi connectivity index (χ4n) is 2.08. The van der Waals surface area contributed by atoms with E-state index in [0.29, 0.717) is 45.4 Å². The topological polar surface area (TPSA) is 60.0 Å². The van der Waals surface area contributed by atoms with E-state index in [0.717, 1.165) is 17.1 Å². The van der Waals surface area contributed by atoms with Crippen molar-refractivity contribution in [1.82, 2.24) is 5.32 Å². The summed E-state index contributed by atoms with van der Waals surface area (Å²) in [4.78, 5) is 0. The summed E-state index contributed by atoms with van der Waals surface area (Å²) in [6.07, 6.45) is -0.485. The predicted octanol–water partition coefficient (Wildman–Crippen LogP) is 1.58. The van der Waals surface area contributed by atoms with E-state index in [4.69, 9.17) is 14.2 Å². The lowest BCUT2D eigenvalue weighted by Crippen LogP contribution is -2.30. The zero-order valence-electron chi connectivity index (χ0n) is 12.8. The molecule has 1 unspecified atom stereocenters. The highest BCUT2D eigenvalue weighted by Gasteiger charge is 2.11. The largest absolute Gasteiger partial charge is 0.486 e. The Labute approximate surface area is 126 Å². The molecule has 0 amide bonds. The summed E-state index contributed by atoms with van der Waals surface area (Å²) in [6, 6.07) is 5.90. The minimum Gasteiger partial charge on any atom is -0.486 e. The molecule has 0 saturated carbocycles. The molecule has 1 aliphatic rings. The first-order valence-corrected chi connectivity index (χ1v) is 7.50. The number of hydrogen-bond donors (Lipinski definition) is 2. The summed E-state index contributed by atoms with van der Waals surface area (Å²) in [5.74, 6) is 2.08. The van der Waals surface area contributed by atoms with Crippen LogP contribution in [0.3, 0.4) is 0 Å². The number of nitrogens with one attached hydrogen (secondary N) is 1. The molecule has 0 aliphatic carbocycles. The third kappa shape index (κ3) is 5.53. The molecule has 1 aromatic carbocycles. The second-order valence-corrected chi connectivity index (χ2v) is 5.69. The van der Waals surface area contributed by atoms with Crippen LogP contribution in [0.4, 0.5) is 0 Å². The van der Waals surface area contributed by atoms with E-state index in [2.05, 4.69) is 19.2 Å². The van der Waals surface area contributed by atoms with Crippen LogP contribution in [0.2, 0.25) is 0 Å². The van der Waals surface area contributed by atoms with E-state index >= 15 is 0 Å². The van der Waals surface area contributed by atoms with Gasteiger partial charge in [-0.05, 0) is 23.6 Å². The van der Waals surface area contributed by atoms with Crippen LogP contribution in [0, 0.1) is 5.92 Å². The molecule has 0 fully saturated rings. The van der Waals surface area contributed by atoms with Crippen molar-refractivity contribution in [2.45, 2.75) is 26.5 Å². The Hall–Kier alpha value is -1.30. The normalized spacial score (nSPS) is 15.2. The van der Waals surface area contributed by atoms with E-state index in [1.54, 1.807) is 0 Å². The number of aliphatic hydroxyl groups is 1.